The van der Waals surface area contributed by atoms with Crippen molar-refractivity contribution in [1.82, 2.24) is 4.90 Å². The van der Waals surface area contributed by atoms with E-state index in [4.69, 9.17) is 4.74 Å². The average molecular weight is 201 g/mol. The first-order chi connectivity index (χ1) is 6.79. The van der Waals surface area contributed by atoms with Crippen molar-refractivity contribution in [2.75, 3.05) is 26.3 Å². The summed E-state index contributed by atoms with van der Waals surface area (Å²) < 4.78 is 5.38. The highest BCUT2D eigenvalue weighted by Crippen LogP contribution is 2.31. The third-order valence-corrected chi connectivity index (χ3v) is 2.86. The second-order valence-electron chi connectivity index (χ2n) is 4.09. The van der Waals surface area contributed by atoms with Crippen molar-refractivity contribution in [3.05, 3.63) is 0 Å². The molecule has 0 bridgehead atoms. The smallest absolute Gasteiger partial charge is 0.168 e. The molecule has 14 heavy (non-hydrogen) atoms. The zero-order chi connectivity index (χ0) is 10.4. The highest BCUT2D eigenvalue weighted by atomic mass is 16.6. The predicted molar refractivity (Wildman–Crippen MR) is 57.2 cm³/mol. The monoisotopic (exact) mass is 201 g/mol. The molecule has 0 unspecified atom stereocenters. The SMILES string of the molecule is CCCCN(CCCC)[C@@]1(CO)CO1. The van der Waals surface area contributed by atoms with Crippen LogP contribution in [0.2, 0.25) is 0 Å². The lowest BCUT2D eigenvalue weighted by Crippen LogP contribution is -2.42. The van der Waals surface area contributed by atoms with Crippen molar-refractivity contribution in [3.8, 4) is 0 Å². The first-order valence-electron chi connectivity index (χ1n) is 5.79. The van der Waals surface area contributed by atoms with E-state index in [0.29, 0.717) is 6.61 Å². The zero-order valence-electron chi connectivity index (χ0n) is 9.46. The number of ether oxygens (including phenoxy) is 1. The summed E-state index contributed by atoms with van der Waals surface area (Å²) in [6, 6.07) is 0. The highest BCUT2D eigenvalue weighted by Gasteiger charge is 2.49. The van der Waals surface area contributed by atoms with Gasteiger partial charge in [0.25, 0.3) is 0 Å². The maximum absolute atomic E-state index is 9.26. The minimum atomic E-state index is -0.301. The fourth-order valence-corrected chi connectivity index (χ4v) is 1.67. The molecule has 1 heterocycles. The Morgan fingerprint density at radius 3 is 2.00 bits per heavy atom. The quantitative estimate of drug-likeness (QED) is 0.606. The largest absolute Gasteiger partial charge is 0.392 e. The van der Waals surface area contributed by atoms with E-state index in [1.165, 1.54) is 25.7 Å². The molecule has 1 aliphatic rings. The van der Waals surface area contributed by atoms with Gasteiger partial charge in [0, 0.05) is 13.1 Å². The Balaban J connectivity index is 2.35. The van der Waals surface area contributed by atoms with Gasteiger partial charge in [-0.3, -0.25) is 4.90 Å². The number of hydrogen-bond acceptors (Lipinski definition) is 3. The Morgan fingerprint density at radius 1 is 1.21 bits per heavy atom. The topological polar surface area (TPSA) is 36.0 Å². The van der Waals surface area contributed by atoms with Crippen LogP contribution < -0.4 is 0 Å². The molecule has 1 saturated heterocycles. The van der Waals surface area contributed by atoms with E-state index in [0.717, 1.165) is 13.1 Å². The second kappa shape index (κ2) is 5.69. The van der Waals surface area contributed by atoms with Crippen LogP contribution in [-0.4, -0.2) is 42.0 Å². The number of epoxide rings is 1. The van der Waals surface area contributed by atoms with Gasteiger partial charge in [0.05, 0.1) is 13.2 Å². The maximum Gasteiger partial charge on any atom is 0.168 e. The van der Waals surface area contributed by atoms with E-state index < -0.39 is 0 Å². The summed E-state index contributed by atoms with van der Waals surface area (Å²) in [7, 11) is 0. The standard InChI is InChI=1S/C11H23NO2/c1-3-5-7-12(8-6-4-2)11(9-13)10-14-11/h13H,3-10H2,1-2H3/t11-/m1/s1. The molecule has 0 radical (unpaired) electrons. The average Bonchev–Trinajstić information content (AvgIpc) is 2.99. The summed E-state index contributed by atoms with van der Waals surface area (Å²) in [6.07, 6.45) is 4.78. The van der Waals surface area contributed by atoms with Gasteiger partial charge in [-0.25, -0.2) is 0 Å². The molecule has 0 aliphatic carbocycles. The third kappa shape index (κ3) is 2.94. The first-order valence-corrected chi connectivity index (χ1v) is 5.79. The molecule has 1 N–H and O–H groups in total. The van der Waals surface area contributed by atoms with Gasteiger partial charge in [0.1, 0.15) is 0 Å². The molecule has 3 heteroatoms. The van der Waals surface area contributed by atoms with E-state index in [9.17, 15) is 5.11 Å². The molecule has 0 amide bonds. The van der Waals surface area contributed by atoms with Gasteiger partial charge in [-0.2, -0.15) is 0 Å². The number of unbranched alkanes of at least 4 members (excludes halogenated alkanes) is 2. The molecule has 1 rings (SSSR count). The van der Waals surface area contributed by atoms with Crippen molar-refractivity contribution in [1.29, 1.82) is 0 Å². The summed E-state index contributed by atoms with van der Waals surface area (Å²) in [6.45, 7) is 7.33. The van der Waals surface area contributed by atoms with Crippen molar-refractivity contribution in [3.63, 3.8) is 0 Å². The van der Waals surface area contributed by atoms with Gasteiger partial charge in [-0.05, 0) is 12.8 Å². The molecule has 0 aromatic heterocycles. The van der Waals surface area contributed by atoms with Crippen LogP contribution in [0.3, 0.4) is 0 Å². The normalized spacial score (nSPS) is 25.7. The van der Waals surface area contributed by atoms with Gasteiger partial charge in [-0.1, -0.05) is 26.7 Å². The third-order valence-electron chi connectivity index (χ3n) is 2.86. The molecule has 0 aromatic rings. The van der Waals surface area contributed by atoms with Gasteiger partial charge in [0.2, 0.25) is 0 Å². The fourth-order valence-electron chi connectivity index (χ4n) is 1.67. The molecule has 0 spiro atoms. The molecular weight excluding hydrogens is 178 g/mol. The Bertz CT molecular complexity index is 149. The summed E-state index contributed by atoms with van der Waals surface area (Å²) in [5.74, 6) is 0. The minimum absolute atomic E-state index is 0.139. The Kier molecular flexibility index (Phi) is 4.85. The van der Waals surface area contributed by atoms with E-state index in [1.54, 1.807) is 0 Å². The van der Waals surface area contributed by atoms with Crippen molar-refractivity contribution in [2.45, 2.75) is 45.3 Å². The highest BCUT2D eigenvalue weighted by molar-refractivity contribution is 4.91. The molecule has 1 atom stereocenters. The number of aliphatic hydroxyl groups is 1. The van der Waals surface area contributed by atoms with Crippen LogP contribution in [0.25, 0.3) is 0 Å². The van der Waals surface area contributed by atoms with Crippen molar-refractivity contribution >= 4 is 0 Å². The second-order valence-corrected chi connectivity index (χ2v) is 4.09. The lowest BCUT2D eigenvalue weighted by molar-refractivity contribution is 0.0242. The maximum atomic E-state index is 9.26. The van der Waals surface area contributed by atoms with E-state index in [-0.39, 0.29) is 12.3 Å². The molecule has 0 saturated carbocycles. The molecule has 84 valence electrons. The van der Waals surface area contributed by atoms with Crippen LogP contribution in [0.15, 0.2) is 0 Å². The van der Waals surface area contributed by atoms with Gasteiger partial charge in [-0.15, -0.1) is 0 Å². The summed E-state index contributed by atoms with van der Waals surface area (Å²) >= 11 is 0. The number of aliphatic hydroxyl groups excluding tert-OH is 1. The molecule has 1 fully saturated rings. The Morgan fingerprint density at radius 2 is 1.71 bits per heavy atom. The molecule has 3 nitrogen and oxygen atoms in total. The van der Waals surface area contributed by atoms with Crippen LogP contribution >= 0.6 is 0 Å². The van der Waals surface area contributed by atoms with E-state index >= 15 is 0 Å². The summed E-state index contributed by atoms with van der Waals surface area (Å²) in [5, 5.41) is 9.26. The lowest BCUT2D eigenvalue weighted by Gasteiger charge is -2.27. The van der Waals surface area contributed by atoms with Crippen LogP contribution in [0.1, 0.15) is 39.5 Å². The molecular formula is C11H23NO2. The van der Waals surface area contributed by atoms with Crippen LogP contribution in [0.4, 0.5) is 0 Å². The summed E-state index contributed by atoms with van der Waals surface area (Å²) in [4.78, 5) is 2.31. The number of nitrogens with zero attached hydrogens (tertiary/aromatic N) is 1. The summed E-state index contributed by atoms with van der Waals surface area (Å²) in [5.41, 5.74) is -0.301. The lowest BCUT2D eigenvalue weighted by atomic mass is 10.2. The molecule has 0 aromatic carbocycles. The van der Waals surface area contributed by atoms with E-state index in [1.807, 2.05) is 0 Å². The van der Waals surface area contributed by atoms with Crippen LogP contribution in [0.5, 0.6) is 0 Å². The van der Waals surface area contributed by atoms with Crippen molar-refractivity contribution in [2.24, 2.45) is 0 Å². The first kappa shape index (κ1) is 12.0. The molecule has 1 aliphatic heterocycles. The predicted octanol–water partition coefficient (Wildman–Crippen LogP) is 1.61. The van der Waals surface area contributed by atoms with Crippen LogP contribution in [-0.2, 0) is 4.74 Å². The van der Waals surface area contributed by atoms with E-state index in [2.05, 4.69) is 18.7 Å². The van der Waals surface area contributed by atoms with Gasteiger partial charge in [0.15, 0.2) is 5.72 Å². The Hall–Kier alpha value is -0.120. The Labute approximate surface area is 87.1 Å². The van der Waals surface area contributed by atoms with Gasteiger partial charge >= 0.3 is 0 Å². The van der Waals surface area contributed by atoms with Gasteiger partial charge < -0.3 is 9.84 Å². The van der Waals surface area contributed by atoms with Crippen molar-refractivity contribution < 1.29 is 9.84 Å². The number of rotatable bonds is 8. The van der Waals surface area contributed by atoms with Crippen LogP contribution in [0, 0.1) is 0 Å². The minimum Gasteiger partial charge on any atom is -0.392 e. The number of hydrogen-bond donors (Lipinski definition) is 1. The fraction of sp³-hybridized carbons (Fsp3) is 1.00. The zero-order valence-corrected chi connectivity index (χ0v) is 9.46.